The summed E-state index contributed by atoms with van der Waals surface area (Å²) in [7, 11) is 0. The number of hydrogen-bond donors (Lipinski definition) is 3. The summed E-state index contributed by atoms with van der Waals surface area (Å²) in [6, 6.07) is 0.131. The van der Waals surface area contributed by atoms with E-state index < -0.39 is 5.97 Å². The number of amides is 1. The van der Waals surface area contributed by atoms with Crippen molar-refractivity contribution < 1.29 is 14.7 Å². The lowest BCUT2D eigenvalue weighted by atomic mass is 10.2. The van der Waals surface area contributed by atoms with Crippen LogP contribution in [0.25, 0.3) is 0 Å². The van der Waals surface area contributed by atoms with Gasteiger partial charge in [-0.2, -0.15) is 0 Å². The van der Waals surface area contributed by atoms with Gasteiger partial charge in [-0.1, -0.05) is 6.08 Å². The summed E-state index contributed by atoms with van der Waals surface area (Å²) >= 11 is 0. The molecule has 1 aliphatic rings. The topological polar surface area (TPSA) is 78.4 Å². The van der Waals surface area contributed by atoms with Crippen molar-refractivity contribution in [2.75, 3.05) is 13.1 Å². The fourth-order valence-electron chi connectivity index (χ4n) is 1.14. The molecule has 0 aromatic rings. The number of rotatable bonds is 4. The van der Waals surface area contributed by atoms with Gasteiger partial charge in [-0.15, -0.1) is 0 Å². The first-order chi connectivity index (χ1) is 6.18. The van der Waals surface area contributed by atoms with Gasteiger partial charge in [0.25, 0.3) is 0 Å². The number of aliphatic carboxylic acids is 1. The lowest BCUT2D eigenvalue weighted by Crippen LogP contribution is -2.30. The SMILES string of the molecule is O=C(O)/C=C/CNC1CNC(=O)C1. The maximum absolute atomic E-state index is 10.7. The van der Waals surface area contributed by atoms with Gasteiger partial charge in [0.15, 0.2) is 0 Å². The highest BCUT2D eigenvalue weighted by Gasteiger charge is 2.19. The zero-order valence-corrected chi connectivity index (χ0v) is 7.12. The third-order valence-electron chi connectivity index (χ3n) is 1.76. The van der Waals surface area contributed by atoms with Crippen molar-refractivity contribution in [3.63, 3.8) is 0 Å². The maximum Gasteiger partial charge on any atom is 0.328 e. The number of carbonyl (C=O) groups excluding carboxylic acids is 1. The van der Waals surface area contributed by atoms with E-state index in [9.17, 15) is 9.59 Å². The van der Waals surface area contributed by atoms with Crippen molar-refractivity contribution in [1.82, 2.24) is 10.6 Å². The highest BCUT2D eigenvalue weighted by atomic mass is 16.4. The van der Waals surface area contributed by atoms with Crippen LogP contribution in [0.15, 0.2) is 12.2 Å². The van der Waals surface area contributed by atoms with E-state index in [2.05, 4.69) is 10.6 Å². The van der Waals surface area contributed by atoms with Crippen LogP contribution in [0.1, 0.15) is 6.42 Å². The second kappa shape index (κ2) is 4.61. The fourth-order valence-corrected chi connectivity index (χ4v) is 1.14. The van der Waals surface area contributed by atoms with Gasteiger partial charge in [-0.3, -0.25) is 4.79 Å². The molecule has 1 atom stereocenters. The molecule has 1 unspecified atom stereocenters. The summed E-state index contributed by atoms with van der Waals surface area (Å²) in [6.45, 7) is 1.10. The highest BCUT2D eigenvalue weighted by molar-refractivity contribution is 5.80. The minimum Gasteiger partial charge on any atom is -0.478 e. The number of nitrogens with one attached hydrogen (secondary N) is 2. The van der Waals surface area contributed by atoms with E-state index in [1.807, 2.05) is 0 Å². The lowest BCUT2D eigenvalue weighted by Gasteiger charge is -2.06. The molecule has 5 heteroatoms. The molecule has 0 bridgehead atoms. The van der Waals surface area contributed by atoms with Crippen LogP contribution in [-0.4, -0.2) is 36.1 Å². The Morgan fingerprint density at radius 2 is 2.54 bits per heavy atom. The molecule has 1 amide bonds. The van der Waals surface area contributed by atoms with E-state index >= 15 is 0 Å². The van der Waals surface area contributed by atoms with Gasteiger partial charge in [0.1, 0.15) is 0 Å². The van der Waals surface area contributed by atoms with Crippen molar-refractivity contribution in [2.24, 2.45) is 0 Å². The fraction of sp³-hybridized carbons (Fsp3) is 0.500. The van der Waals surface area contributed by atoms with E-state index in [-0.39, 0.29) is 11.9 Å². The molecule has 13 heavy (non-hydrogen) atoms. The average Bonchev–Trinajstić information content (AvgIpc) is 2.45. The van der Waals surface area contributed by atoms with Gasteiger partial charge in [0.05, 0.1) is 0 Å². The standard InChI is InChI=1S/C8H12N2O3/c11-7-4-6(5-10-7)9-3-1-2-8(12)13/h1-2,6,9H,3-5H2,(H,10,11)(H,12,13)/b2-1+. The molecule has 72 valence electrons. The predicted octanol–water partition coefficient (Wildman–Crippen LogP) is -0.895. The molecule has 0 saturated carbocycles. The molecular weight excluding hydrogens is 172 g/mol. The Hall–Kier alpha value is -1.36. The molecule has 1 heterocycles. The molecule has 5 nitrogen and oxygen atoms in total. The van der Waals surface area contributed by atoms with Gasteiger partial charge in [0.2, 0.25) is 5.91 Å². The van der Waals surface area contributed by atoms with Gasteiger partial charge in [-0.05, 0) is 0 Å². The third-order valence-corrected chi connectivity index (χ3v) is 1.76. The molecular formula is C8H12N2O3. The highest BCUT2D eigenvalue weighted by Crippen LogP contribution is 1.97. The molecule has 0 radical (unpaired) electrons. The lowest BCUT2D eigenvalue weighted by molar-refractivity contribution is -0.131. The van der Waals surface area contributed by atoms with Gasteiger partial charge in [-0.25, -0.2) is 4.79 Å². The van der Waals surface area contributed by atoms with Crippen LogP contribution in [0.3, 0.4) is 0 Å². The normalized spacial score (nSPS) is 22.2. The molecule has 1 fully saturated rings. The Morgan fingerprint density at radius 3 is 3.08 bits per heavy atom. The van der Waals surface area contributed by atoms with E-state index in [4.69, 9.17) is 5.11 Å². The smallest absolute Gasteiger partial charge is 0.328 e. The quantitative estimate of drug-likeness (QED) is 0.495. The monoisotopic (exact) mass is 184 g/mol. The first-order valence-corrected chi connectivity index (χ1v) is 4.08. The van der Waals surface area contributed by atoms with Crippen molar-refractivity contribution in [3.8, 4) is 0 Å². The van der Waals surface area contributed by atoms with Crippen molar-refractivity contribution in [2.45, 2.75) is 12.5 Å². The molecule has 0 aliphatic carbocycles. The summed E-state index contributed by atoms with van der Waals surface area (Å²) < 4.78 is 0. The van der Waals surface area contributed by atoms with Crippen LogP contribution in [0.4, 0.5) is 0 Å². The molecule has 1 rings (SSSR count). The largest absolute Gasteiger partial charge is 0.478 e. The van der Waals surface area contributed by atoms with Crippen LogP contribution in [0, 0.1) is 0 Å². The molecule has 0 spiro atoms. The third kappa shape index (κ3) is 3.71. The number of carboxylic acid groups (broad SMARTS) is 1. The number of hydrogen-bond acceptors (Lipinski definition) is 3. The molecule has 3 N–H and O–H groups in total. The van der Waals surface area contributed by atoms with E-state index in [1.54, 1.807) is 0 Å². The van der Waals surface area contributed by atoms with Crippen molar-refractivity contribution in [1.29, 1.82) is 0 Å². The minimum absolute atomic E-state index is 0.0414. The second-order valence-electron chi connectivity index (χ2n) is 2.85. The van der Waals surface area contributed by atoms with Gasteiger partial charge >= 0.3 is 5.97 Å². The Morgan fingerprint density at radius 1 is 1.77 bits per heavy atom. The van der Waals surface area contributed by atoms with Crippen LogP contribution >= 0.6 is 0 Å². The number of carboxylic acids is 1. The average molecular weight is 184 g/mol. The number of carbonyl (C=O) groups is 2. The Bertz CT molecular complexity index is 238. The van der Waals surface area contributed by atoms with Crippen molar-refractivity contribution in [3.05, 3.63) is 12.2 Å². The predicted molar refractivity (Wildman–Crippen MR) is 46.2 cm³/mol. The Kier molecular flexibility index (Phi) is 3.45. The van der Waals surface area contributed by atoms with E-state index in [0.717, 1.165) is 6.08 Å². The summed E-state index contributed by atoms with van der Waals surface area (Å²) in [5, 5.41) is 14.0. The molecule has 1 aliphatic heterocycles. The Labute approximate surface area is 75.8 Å². The zero-order chi connectivity index (χ0) is 9.68. The first kappa shape index (κ1) is 9.73. The van der Waals surface area contributed by atoms with Gasteiger partial charge in [0, 0.05) is 31.6 Å². The summed E-state index contributed by atoms with van der Waals surface area (Å²) in [5.74, 6) is -0.915. The molecule has 1 saturated heterocycles. The van der Waals surface area contributed by atoms with Crippen LogP contribution < -0.4 is 10.6 Å². The van der Waals surface area contributed by atoms with E-state index in [0.29, 0.717) is 19.5 Å². The van der Waals surface area contributed by atoms with Crippen molar-refractivity contribution >= 4 is 11.9 Å². The second-order valence-corrected chi connectivity index (χ2v) is 2.85. The van der Waals surface area contributed by atoms with Crippen LogP contribution in [0.5, 0.6) is 0 Å². The maximum atomic E-state index is 10.7. The van der Waals surface area contributed by atoms with Crippen LogP contribution in [-0.2, 0) is 9.59 Å². The summed E-state index contributed by atoms with van der Waals surface area (Å²) in [6.07, 6.45) is 3.07. The van der Waals surface area contributed by atoms with E-state index in [1.165, 1.54) is 6.08 Å². The summed E-state index contributed by atoms with van der Waals surface area (Å²) in [5.41, 5.74) is 0. The Balaban J connectivity index is 2.13. The molecule has 0 aromatic heterocycles. The zero-order valence-electron chi connectivity index (χ0n) is 7.12. The van der Waals surface area contributed by atoms with Crippen LogP contribution in [0.2, 0.25) is 0 Å². The summed E-state index contributed by atoms with van der Waals surface area (Å²) in [4.78, 5) is 20.8. The molecule has 0 aromatic carbocycles. The first-order valence-electron chi connectivity index (χ1n) is 4.08. The van der Waals surface area contributed by atoms with Gasteiger partial charge < -0.3 is 15.7 Å². The minimum atomic E-state index is -0.956.